The molecule has 5 heteroatoms. The zero-order valence-corrected chi connectivity index (χ0v) is 13.3. The first-order chi connectivity index (χ1) is 9.20. The van der Waals surface area contributed by atoms with E-state index in [9.17, 15) is 8.42 Å². The maximum atomic E-state index is 12.5. The molecule has 1 aromatic carbocycles. The molecular weight excluding hydrogens is 272 g/mol. The van der Waals surface area contributed by atoms with E-state index in [1.807, 2.05) is 0 Å². The summed E-state index contributed by atoms with van der Waals surface area (Å²) < 4.78 is 27.8. The van der Waals surface area contributed by atoms with Gasteiger partial charge in [-0.25, -0.2) is 13.1 Å². The molecule has 4 nitrogen and oxygen atoms in total. The van der Waals surface area contributed by atoms with Gasteiger partial charge in [0.05, 0.1) is 4.90 Å². The Bertz CT molecular complexity index is 584. The summed E-state index contributed by atoms with van der Waals surface area (Å²) in [5.74, 6) is 0. The Morgan fingerprint density at radius 2 is 1.85 bits per heavy atom. The molecule has 0 unspecified atom stereocenters. The number of nitrogen functional groups attached to an aromatic ring is 1. The third-order valence-corrected chi connectivity index (χ3v) is 5.83. The Kier molecular flexibility index (Phi) is 4.12. The van der Waals surface area contributed by atoms with Crippen molar-refractivity contribution in [3.05, 3.63) is 23.8 Å². The summed E-state index contributed by atoms with van der Waals surface area (Å²) in [5, 5.41) is 0. The number of sulfonamides is 1. The van der Waals surface area contributed by atoms with Crippen LogP contribution in [0.4, 0.5) is 5.69 Å². The highest BCUT2D eigenvalue weighted by Crippen LogP contribution is 2.35. The minimum absolute atomic E-state index is 0.0360. The summed E-state index contributed by atoms with van der Waals surface area (Å²) in [5.41, 5.74) is 7.23. The largest absolute Gasteiger partial charge is 0.399 e. The molecule has 3 N–H and O–H groups in total. The molecule has 1 saturated carbocycles. The molecule has 0 atom stereocenters. The van der Waals surface area contributed by atoms with Crippen LogP contribution in [0.1, 0.15) is 45.1 Å². The molecule has 0 radical (unpaired) electrons. The van der Waals surface area contributed by atoms with Crippen molar-refractivity contribution in [3.63, 3.8) is 0 Å². The van der Waals surface area contributed by atoms with Crippen molar-refractivity contribution in [2.45, 2.75) is 57.4 Å². The van der Waals surface area contributed by atoms with Gasteiger partial charge in [-0.3, -0.25) is 0 Å². The van der Waals surface area contributed by atoms with E-state index in [1.165, 1.54) is 6.07 Å². The molecule has 2 rings (SSSR count). The van der Waals surface area contributed by atoms with Crippen LogP contribution < -0.4 is 10.5 Å². The normalized spacial score (nSPS) is 19.9. The van der Waals surface area contributed by atoms with E-state index in [4.69, 9.17) is 5.73 Å². The molecule has 0 saturated heterocycles. The van der Waals surface area contributed by atoms with Gasteiger partial charge in [-0.05, 0) is 55.7 Å². The second-order valence-electron chi connectivity index (χ2n) is 6.58. The van der Waals surface area contributed by atoms with Crippen LogP contribution in [0.15, 0.2) is 23.1 Å². The zero-order chi connectivity index (χ0) is 15.0. The highest BCUT2D eigenvalue weighted by atomic mass is 32.2. The van der Waals surface area contributed by atoms with E-state index in [-0.39, 0.29) is 6.04 Å². The van der Waals surface area contributed by atoms with Gasteiger partial charge in [0.15, 0.2) is 0 Å². The van der Waals surface area contributed by atoms with Crippen LogP contribution in [0.25, 0.3) is 0 Å². The van der Waals surface area contributed by atoms with Crippen LogP contribution in [0.5, 0.6) is 0 Å². The fourth-order valence-corrected chi connectivity index (χ4v) is 4.29. The number of hydrogen-bond acceptors (Lipinski definition) is 3. The molecule has 112 valence electrons. The number of hydrogen-bond donors (Lipinski definition) is 2. The monoisotopic (exact) mass is 296 g/mol. The zero-order valence-electron chi connectivity index (χ0n) is 12.4. The maximum Gasteiger partial charge on any atom is 0.241 e. The van der Waals surface area contributed by atoms with Crippen molar-refractivity contribution in [2.24, 2.45) is 5.41 Å². The molecule has 0 heterocycles. The summed E-state index contributed by atoms with van der Waals surface area (Å²) in [6.07, 6.45) is 3.90. The lowest BCUT2D eigenvalue weighted by Gasteiger charge is -2.34. The number of aryl methyl sites for hydroxylation is 1. The smallest absolute Gasteiger partial charge is 0.241 e. The number of rotatable bonds is 3. The van der Waals surface area contributed by atoms with Gasteiger partial charge in [0.25, 0.3) is 0 Å². The molecule has 0 bridgehead atoms. The van der Waals surface area contributed by atoms with Crippen molar-refractivity contribution < 1.29 is 8.42 Å². The molecule has 1 aliphatic carbocycles. The maximum absolute atomic E-state index is 12.5. The second-order valence-corrected chi connectivity index (χ2v) is 8.27. The van der Waals surface area contributed by atoms with Gasteiger partial charge in [-0.2, -0.15) is 0 Å². The summed E-state index contributed by atoms with van der Waals surface area (Å²) in [6.45, 7) is 6.26. The third-order valence-electron chi connectivity index (χ3n) is 4.16. The first-order valence-electron chi connectivity index (χ1n) is 7.08. The lowest BCUT2D eigenvalue weighted by Crippen LogP contribution is -2.39. The number of benzene rings is 1. The molecule has 1 fully saturated rings. The summed E-state index contributed by atoms with van der Waals surface area (Å²) in [4.78, 5) is 0.294. The van der Waals surface area contributed by atoms with Crippen molar-refractivity contribution in [1.29, 1.82) is 0 Å². The van der Waals surface area contributed by atoms with Gasteiger partial charge < -0.3 is 5.73 Å². The minimum atomic E-state index is -3.48. The second kappa shape index (κ2) is 5.37. The van der Waals surface area contributed by atoms with E-state index < -0.39 is 10.0 Å². The number of nitrogens with two attached hydrogens (primary N) is 1. The first-order valence-corrected chi connectivity index (χ1v) is 8.56. The van der Waals surface area contributed by atoms with E-state index in [2.05, 4.69) is 18.6 Å². The van der Waals surface area contributed by atoms with Crippen LogP contribution in [0.2, 0.25) is 0 Å². The molecule has 1 aliphatic rings. The van der Waals surface area contributed by atoms with E-state index in [0.29, 0.717) is 16.0 Å². The van der Waals surface area contributed by atoms with Gasteiger partial charge in [-0.1, -0.05) is 19.9 Å². The predicted molar refractivity (Wildman–Crippen MR) is 81.9 cm³/mol. The Labute approximate surface area is 121 Å². The quantitative estimate of drug-likeness (QED) is 0.842. The van der Waals surface area contributed by atoms with E-state index in [1.54, 1.807) is 19.1 Å². The van der Waals surface area contributed by atoms with Gasteiger partial charge >= 0.3 is 0 Å². The fourth-order valence-electron chi connectivity index (χ4n) is 2.71. The Morgan fingerprint density at radius 1 is 1.25 bits per heavy atom. The fraction of sp³-hybridized carbons (Fsp3) is 0.600. The lowest BCUT2D eigenvalue weighted by atomic mass is 9.76. The van der Waals surface area contributed by atoms with Crippen molar-refractivity contribution in [1.82, 2.24) is 4.72 Å². The molecule has 20 heavy (non-hydrogen) atoms. The minimum Gasteiger partial charge on any atom is -0.399 e. The van der Waals surface area contributed by atoms with E-state index in [0.717, 1.165) is 31.2 Å². The van der Waals surface area contributed by atoms with Crippen LogP contribution in [0.3, 0.4) is 0 Å². The van der Waals surface area contributed by atoms with Gasteiger partial charge in [-0.15, -0.1) is 0 Å². The highest BCUT2D eigenvalue weighted by Gasteiger charge is 2.30. The van der Waals surface area contributed by atoms with Gasteiger partial charge in [0.2, 0.25) is 10.0 Å². The van der Waals surface area contributed by atoms with E-state index >= 15 is 0 Å². The number of anilines is 1. The Morgan fingerprint density at radius 3 is 2.45 bits per heavy atom. The van der Waals surface area contributed by atoms with Crippen molar-refractivity contribution in [2.75, 3.05) is 5.73 Å². The van der Waals surface area contributed by atoms with Crippen molar-refractivity contribution >= 4 is 15.7 Å². The molecule has 0 aromatic heterocycles. The average Bonchev–Trinajstić information content (AvgIpc) is 2.35. The highest BCUT2D eigenvalue weighted by molar-refractivity contribution is 7.89. The molecule has 0 amide bonds. The summed E-state index contributed by atoms with van der Waals surface area (Å²) >= 11 is 0. The molecule has 1 aromatic rings. The summed E-state index contributed by atoms with van der Waals surface area (Å²) in [7, 11) is -3.48. The Hall–Kier alpha value is -1.07. The predicted octanol–water partition coefficient (Wildman–Crippen LogP) is 2.82. The lowest BCUT2D eigenvalue weighted by molar-refractivity contribution is 0.218. The van der Waals surface area contributed by atoms with Crippen molar-refractivity contribution in [3.8, 4) is 0 Å². The SMILES string of the molecule is Cc1ccc(N)cc1S(=O)(=O)NC1CCC(C)(C)CC1. The third kappa shape index (κ3) is 3.52. The first kappa shape index (κ1) is 15.3. The van der Waals surface area contributed by atoms with Crippen LogP contribution >= 0.6 is 0 Å². The van der Waals surface area contributed by atoms with Gasteiger partial charge in [0, 0.05) is 11.7 Å². The van der Waals surface area contributed by atoms with Gasteiger partial charge in [0.1, 0.15) is 0 Å². The molecular formula is C15H24N2O2S. The summed E-state index contributed by atoms with van der Waals surface area (Å²) in [6, 6.07) is 5.03. The molecule has 0 spiro atoms. The van der Waals surface area contributed by atoms with Crippen LogP contribution in [-0.4, -0.2) is 14.5 Å². The Balaban J connectivity index is 2.14. The van der Waals surface area contributed by atoms with Crippen LogP contribution in [0, 0.1) is 12.3 Å². The topological polar surface area (TPSA) is 72.2 Å². The number of nitrogens with one attached hydrogen (secondary N) is 1. The average molecular weight is 296 g/mol. The van der Waals surface area contributed by atoms with Crippen LogP contribution in [-0.2, 0) is 10.0 Å². The standard InChI is InChI=1S/C15H24N2O2S/c1-11-4-5-12(16)10-14(11)20(18,19)17-13-6-8-15(2,3)9-7-13/h4-5,10,13,17H,6-9,16H2,1-3H3. The molecule has 0 aliphatic heterocycles.